The Morgan fingerprint density at radius 2 is 1.96 bits per heavy atom. The largest absolute Gasteiger partial charge is 0.366 e. The Labute approximate surface area is 161 Å². The van der Waals surface area contributed by atoms with Gasteiger partial charge in [0.25, 0.3) is 5.91 Å². The molecule has 1 aromatic heterocycles. The molecule has 2 N–H and O–H groups in total. The van der Waals surface area contributed by atoms with Gasteiger partial charge in [-0.3, -0.25) is 4.79 Å². The number of aromatic nitrogens is 2. The molecular formula is C22H30N4O. The molecule has 2 aromatic rings. The maximum absolute atomic E-state index is 12.8. The summed E-state index contributed by atoms with van der Waals surface area (Å²) in [5, 5.41) is 11.3. The molecule has 0 saturated heterocycles. The first-order chi connectivity index (χ1) is 13.0. The molecule has 1 fully saturated rings. The first kappa shape index (κ1) is 18.1. The number of anilines is 1. The molecule has 1 aromatic carbocycles. The van der Waals surface area contributed by atoms with Gasteiger partial charge in [0.2, 0.25) is 0 Å². The summed E-state index contributed by atoms with van der Waals surface area (Å²) in [7, 11) is 0. The minimum atomic E-state index is -0.0827. The summed E-state index contributed by atoms with van der Waals surface area (Å²) in [6.45, 7) is 4.98. The SMILES string of the molecule is CC1(C)CC(C2CCCCC2)Nc2c(C(=O)NCc3ccccc3)cnn21. The zero-order chi connectivity index (χ0) is 18.9. The van der Waals surface area contributed by atoms with E-state index in [0.29, 0.717) is 24.1 Å². The fourth-order valence-electron chi connectivity index (χ4n) is 4.66. The van der Waals surface area contributed by atoms with E-state index in [-0.39, 0.29) is 11.4 Å². The molecule has 5 heteroatoms. The van der Waals surface area contributed by atoms with Crippen LogP contribution < -0.4 is 10.6 Å². The summed E-state index contributed by atoms with van der Waals surface area (Å²) in [5.41, 5.74) is 1.67. The normalized spacial score (nSPS) is 21.9. The number of fused-ring (bicyclic) bond motifs is 1. The number of nitrogens with one attached hydrogen (secondary N) is 2. The molecular weight excluding hydrogens is 336 g/mol. The van der Waals surface area contributed by atoms with Crippen molar-refractivity contribution >= 4 is 11.7 Å². The third-order valence-electron chi connectivity index (χ3n) is 6.14. The fraction of sp³-hybridized carbons (Fsp3) is 0.545. The van der Waals surface area contributed by atoms with E-state index in [0.717, 1.165) is 17.8 Å². The lowest BCUT2D eigenvalue weighted by molar-refractivity contribution is 0.0951. The van der Waals surface area contributed by atoms with Crippen LogP contribution in [0.1, 0.15) is 68.3 Å². The summed E-state index contributed by atoms with van der Waals surface area (Å²) in [5.74, 6) is 1.52. The Kier molecular flexibility index (Phi) is 4.94. The summed E-state index contributed by atoms with van der Waals surface area (Å²) in [4.78, 5) is 12.8. The Morgan fingerprint density at radius 1 is 1.22 bits per heavy atom. The van der Waals surface area contributed by atoms with Gasteiger partial charge in [0.05, 0.1) is 11.7 Å². The van der Waals surface area contributed by atoms with Crippen LogP contribution in [0.5, 0.6) is 0 Å². The van der Waals surface area contributed by atoms with Gasteiger partial charge < -0.3 is 10.6 Å². The van der Waals surface area contributed by atoms with Crippen molar-refractivity contribution in [2.75, 3.05) is 5.32 Å². The van der Waals surface area contributed by atoms with Gasteiger partial charge in [0.1, 0.15) is 11.4 Å². The smallest absolute Gasteiger partial charge is 0.256 e. The van der Waals surface area contributed by atoms with Crippen LogP contribution in [-0.4, -0.2) is 21.7 Å². The topological polar surface area (TPSA) is 59.0 Å². The number of rotatable bonds is 4. The number of benzene rings is 1. The molecule has 144 valence electrons. The van der Waals surface area contributed by atoms with Crippen molar-refractivity contribution in [1.82, 2.24) is 15.1 Å². The molecule has 1 saturated carbocycles. The van der Waals surface area contributed by atoms with Crippen LogP contribution in [0.15, 0.2) is 36.5 Å². The Balaban J connectivity index is 1.52. The third-order valence-corrected chi connectivity index (χ3v) is 6.14. The van der Waals surface area contributed by atoms with Crippen molar-refractivity contribution < 1.29 is 4.79 Å². The average molecular weight is 367 g/mol. The monoisotopic (exact) mass is 366 g/mol. The maximum Gasteiger partial charge on any atom is 0.256 e. The van der Waals surface area contributed by atoms with Crippen molar-refractivity contribution in [3.8, 4) is 0 Å². The van der Waals surface area contributed by atoms with Crippen molar-refractivity contribution in [3.63, 3.8) is 0 Å². The molecule has 4 rings (SSSR count). The van der Waals surface area contributed by atoms with E-state index < -0.39 is 0 Å². The Bertz CT molecular complexity index is 790. The van der Waals surface area contributed by atoms with Gasteiger partial charge in [-0.15, -0.1) is 0 Å². The summed E-state index contributed by atoms with van der Waals surface area (Å²) in [6.07, 6.45) is 9.36. The van der Waals surface area contributed by atoms with Crippen molar-refractivity contribution in [2.24, 2.45) is 5.92 Å². The second-order valence-corrected chi connectivity index (χ2v) is 8.65. The van der Waals surface area contributed by atoms with E-state index >= 15 is 0 Å². The molecule has 2 aliphatic rings. The summed E-state index contributed by atoms with van der Waals surface area (Å²) in [6, 6.07) is 10.4. The van der Waals surface area contributed by atoms with Crippen molar-refractivity contribution in [2.45, 2.75) is 70.5 Å². The quantitative estimate of drug-likeness (QED) is 0.847. The maximum atomic E-state index is 12.8. The minimum Gasteiger partial charge on any atom is -0.366 e. The fourth-order valence-corrected chi connectivity index (χ4v) is 4.66. The number of hydrogen-bond acceptors (Lipinski definition) is 3. The number of hydrogen-bond donors (Lipinski definition) is 2. The zero-order valence-electron chi connectivity index (χ0n) is 16.4. The van der Waals surface area contributed by atoms with E-state index in [4.69, 9.17) is 0 Å². The van der Waals surface area contributed by atoms with Crippen molar-refractivity contribution in [1.29, 1.82) is 0 Å². The van der Waals surface area contributed by atoms with Crippen LogP contribution in [-0.2, 0) is 12.1 Å². The molecule has 1 unspecified atom stereocenters. The lowest BCUT2D eigenvalue weighted by Gasteiger charge is -2.42. The molecule has 1 amide bonds. The van der Waals surface area contributed by atoms with E-state index in [9.17, 15) is 4.79 Å². The molecule has 27 heavy (non-hydrogen) atoms. The van der Waals surface area contributed by atoms with Crippen LogP contribution in [0.3, 0.4) is 0 Å². The van der Waals surface area contributed by atoms with Crippen LogP contribution in [0.4, 0.5) is 5.82 Å². The number of amides is 1. The standard InChI is InChI=1S/C22H30N4O/c1-22(2)13-19(17-11-7-4-8-12-17)25-20-18(15-24-26(20)22)21(27)23-14-16-9-5-3-6-10-16/h3,5-6,9-10,15,17,19,25H,4,7-8,11-14H2,1-2H3,(H,23,27). The molecule has 5 nitrogen and oxygen atoms in total. The molecule has 1 aliphatic carbocycles. The van der Waals surface area contributed by atoms with Crippen molar-refractivity contribution in [3.05, 3.63) is 47.7 Å². The lowest BCUT2D eigenvalue weighted by atomic mass is 9.78. The molecule has 1 atom stereocenters. The predicted molar refractivity (Wildman–Crippen MR) is 108 cm³/mol. The number of carbonyl (C=O) groups is 1. The van der Waals surface area contributed by atoms with E-state index in [2.05, 4.69) is 29.6 Å². The Hall–Kier alpha value is -2.30. The second-order valence-electron chi connectivity index (χ2n) is 8.65. The first-order valence-electron chi connectivity index (χ1n) is 10.2. The van der Waals surface area contributed by atoms with Gasteiger partial charge in [0, 0.05) is 12.6 Å². The van der Waals surface area contributed by atoms with E-state index in [1.54, 1.807) is 6.20 Å². The highest BCUT2D eigenvalue weighted by Crippen LogP contribution is 2.39. The van der Waals surface area contributed by atoms with E-state index in [1.807, 2.05) is 35.0 Å². The van der Waals surface area contributed by atoms with E-state index in [1.165, 1.54) is 32.1 Å². The summed E-state index contributed by atoms with van der Waals surface area (Å²) >= 11 is 0. The van der Waals surface area contributed by atoms with Crippen LogP contribution in [0.25, 0.3) is 0 Å². The highest BCUT2D eigenvalue weighted by molar-refractivity contribution is 5.98. The summed E-state index contributed by atoms with van der Waals surface area (Å²) < 4.78 is 2.00. The molecule has 0 spiro atoms. The molecule has 0 bridgehead atoms. The third kappa shape index (κ3) is 3.73. The first-order valence-corrected chi connectivity index (χ1v) is 10.2. The molecule has 1 aliphatic heterocycles. The average Bonchev–Trinajstić information content (AvgIpc) is 3.12. The highest BCUT2D eigenvalue weighted by atomic mass is 16.1. The minimum absolute atomic E-state index is 0.0623. The van der Waals surface area contributed by atoms with Gasteiger partial charge in [0.15, 0.2) is 0 Å². The van der Waals surface area contributed by atoms with Gasteiger partial charge in [-0.1, -0.05) is 49.6 Å². The lowest BCUT2D eigenvalue weighted by Crippen LogP contribution is -2.45. The second kappa shape index (κ2) is 7.37. The van der Waals surface area contributed by atoms with Gasteiger partial charge >= 0.3 is 0 Å². The highest BCUT2D eigenvalue weighted by Gasteiger charge is 2.39. The van der Waals surface area contributed by atoms with Crippen LogP contribution in [0.2, 0.25) is 0 Å². The van der Waals surface area contributed by atoms with Gasteiger partial charge in [-0.05, 0) is 44.6 Å². The zero-order valence-corrected chi connectivity index (χ0v) is 16.4. The number of nitrogens with zero attached hydrogens (tertiary/aromatic N) is 2. The van der Waals surface area contributed by atoms with Crippen LogP contribution in [0, 0.1) is 5.92 Å². The van der Waals surface area contributed by atoms with Gasteiger partial charge in [-0.2, -0.15) is 5.10 Å². The predicted octanol–water partition coefficient (Wildman–Crippen LogP) is 4.31. The van der Waals surface area contributed by atoms with Crippen LogP contribution >= 0.6 is 0 Å². The Morgan fingerprint density at radius 3 is 2.70 bits per heavy atom. The number of carbonyl (C=O) groups excluding carboxylic acids is 1. The molecule has 2 heterocycles. The van der Waals surface area contributed by atoms with Gasteiger partial charge in [-0.25, -0.2) is 4.68 Å². The molecule has 0 radical (unpaired) electrons.